The van der Waals surface area contributed by atoms with Gasteiger partial charge in [-0.2, -0.15) is 9.52 Å². The molecule has 0 saturated carbocycles. The first-order valence-corrected chi connectivity index (χ1v) is 13.0. The van der Waals surface area contributed by atoms with Crippen LogP contribution in [-0.2, 0) is 20.0 Å². The van der Waals surface area contributed by atoms with Crippen molar-refractivity contribution in [3.05, 3.63) is 53.6 Å². The third-order valence-corrected chi connectivity index (χ3v) is 7.08. The number of sulfonamides is 2. The highest BCUT2D eigenvalue weighted by Crippen LogP contribution is 2.38. The molecule has 0 aromatic heterocycles. The summed E-state index contributed by atoms with van der Waals surface area (Å²) < 4.78 is 62.4. The summed E-state index contributed by atoms with van der Waals surface area (Å²) in [5, 5.41) is 4.41. The standard InChI is InChI=1S/C20H25N3O6S2/c1-5-31(26,27)23-18(15-8-11-19(28-2)20(12-15)29-3)13-17(21-23)14-6-9-16(10-7-14)22-30(4,24)25/h6-12,18,22H,5,13H2,1-4H3. The van der Waals surface area contributed by atoms with Crippen molar-refractivity contribution in [2.24, 2.45) is 5.10 Å². The zero-order valence-electron chi connectivity index (χ0n) is 17.7. The van der Waals surface area contributed by atoms with Crippen molar-refractivity contribution < 1.29 is 26.3 Å². The second-order valence-corrected chi connectivity index (χ2v) is 10.9. The number of anilines is 1. The minimum atomic E-state index is -3.62. The highest BCUT2D eigenvalue weighted by molar-refractivity contribution is 7.92. The molecule has 0 amide bonds. The van der Waals surface area contributed by atoms with Crippen LogP contribution < -0.4 is 14.2 Å². The maximum absolute atomic E-state index is 12.7. The van der Waals surface area contributed by atoms with Crippen LogP contribution in [0.25, 0.3) is 0 Å². The van der Waals surface area contributed by atoms with E-state index in [2.05, 4.69) is 9.82 Å². The molecule has 31 heavy (non-hydrogen) atoms. The van der Waals surface area contributed by atoms with Crippen LogP contribution in [0.4, 0.5) is 5.69 Å². The van der Waals surface area contributed by atoms with Gasteiger partial charge in [0.05, 0.1) is 38.0 Å². The van der Waals surface area contributed by atoms with Crippen LogP contribution in [0.15, 0.2) is 47.6 Å². The fraction of sp³-hybridized carbons (Fsp3) is 0.350. The van der Waals surface area contributed by atoms with Gasteiger partial charge in [0.15, 0.2) is 11.5 Å². The Morgan fingerprint density at radius 2 is 1.68 bits per heavy atom. The number of methoxy groups -OCH3 is 2. The molecule has 0 spiro atoms. The fourth-order valence-corrected chi connectivity index (χ4v) is 4.94. The molecule has 0 fully saturated rings. The molecule has 9 nitrogen and oxygen atoms in total. The molecule has 0 aliphatic carbocycles. The van der Waals surface area contributed by atoms with Crippen molar-refractivity contribution in [1.82, 2.24) is 4.41 Å². The summed E-state index contributed by atoms with van der Waals surface area (Å²) in [5.41, 5.74) is 2.43. The molecule has 3 rings (SSSR count). The van der Waals surface area contributed by atoms with Gasteiger partial charge in [0.2, 0.25) is 20.0 Å². The molecule has 1 aliphatic rings. The molecule has 1 unspecified atom stereocenters. The summed E-state index contributed by atoms with van der Waals surface area (Å²) in [6.07, 6.45) is 1.43. The maximum atomic E-state index is 12.7. The van der Waals surface area contributed by atoms with Gasteiger partial charge in [-0.05, 0) is 42.3 Å². The van der Waals surface area contributed by atoms with Gasteiger partial charge < -0.3 is 9.47 Å². The summed E-state index contributed by atoms with van der Waals surface area (Å²) in [4.78, 5) is 0. The van der Waals surface area contributed by atoms with Crippen molar-refractivity contribution in [2.45, 2.75) is 19.4 Å². The van der Waals surface area contributed by atoms with E-state index >= 15 is 0 Å². The SMILES string of the molecule is CCS(=O)(=O)N1N=C(c2ccc(NS(C)(=O)=O)cc2)CC1c1ccc(OC)c(OC)c1. The van der Waals surface area contributed by atoms with Gasteiger partial charge >= 0.3 is 0 Å². The smallest absolute Gasteiger partial charge is 0.250 e. The van der Waals surface area contributed by atoms with Crippen LogP contribution in [0, 0.1) is 0 Å². The van der Waals surface area contributed by atoms with E-state index in [1.165, 1.54) is 14.2 Å². The number of nitrogens with one attached hydrogen (secondary N) is 1. The van der Waals surface area contributed by atoms with Crippen molar-refractivity contribution >= 4 is 31.4 Å². The molecule has 2 aromatic carbocycles. The van der Waals surface area contributed by atoms with E-state index in [9.17, 15) is 16.8 Å². The van der Waals surface area contributed by atoms with E-state index in [-0.39, 0.29) is 5.75 Å². The summed E-state index contributed by atoms with van der Waals surface area (Å²) >= 11 is 0. The van der Waals surface area contributed by atoms with E-state index in [1.54, 1.807) is 49.4 Å². The molecule has 0 bridgehead atoms. The van der Waals surface area contributed by atoms with Gasteiger partial charge in [-0.1, -0.05) is 18.2 Å². The largest absolute Gasteiger partial charge is 0.493 e. The quantitative estimate of drug-likeness (QED) is 0.638. The lowest BCUT2D eigenvalue weighted by molar-refractivity contribution is 0.348. The van der Waals surface area contributed by atoms with Gasteiger partial charge in [-0.15, -0.1) is 0 Å². The molecule has 1 N–H and O–H groups in total. The van der Waals surface area contributed by atoms with E-state index in [1.807, 2.05) is 0 Å². The number of hydrogen-bond donors (Lipinski definition) is 1. The first kappa shape index (κ1) is 22.9. The number of hydrazone groups is 1. The van der Waals surface area contributed by atoms with E-state index in [4.69, 9.17) is 9.47 Å². The van der Waals surface area contributed by atoms with Crippen molar-refractivity contribution in [3.63, 3.8) is 0 Å². The van der Waals surface area contributed by atoms with Crippen LogP contribution in [0.5, 0.6) is 11.5 Å². The molecular weight excluding hydrogens is 442 g/mol. The third kappa shape index (κ3) is 5.10. The first-order valence-electron chi connectivity index (χ1n) is 9.47. The zero-order chi connectivity index (χ0) is 22.8. The predicted molar refractivity (Wildman–Crippen MR) is 120 cm³/mol. The van der Waals surface area contributed by atoms with Crippen molar-refractivity contribution in [2.75, 3.05) is 31.0 Å². The van der Waals surface area contributed by atoms with E-state index in [0.717, 1.165) is 16.2 Å². The lowest BCUT2D eigenvalue weighted by Gasteiger charge is -2.23. The highest BCUT2D eigenvalue weighted by atomic mass is 32.2. The average molecular weight is 468 g/mol. The lowest BCUT2D eigenvalue weighted by atomic mass is 9.98. The molecule has 0 saturated heterocycles. The highest BCUT2D eigenvalue weighted by Gasteiger charge is 2.36. The van der Waals surface area contributed by atoms with E-state index < -0.39 is 26.1 Å². The number of benzene rings is 2. The van der Waals surface area contributed by atoms with Gasteiger partial charge in [0.25, 0.3) is 0 Å². The number of hydrogen-bond acceptors (Lipinski definition) is 7. The Kier molecular flexibility index (Phi) is 6.46. The normalized spacial score (nSPS) is 16.7. The molecule has 1 aliphatic heterocycles. The van der Waals surface area contributed by atoms with Crippen LogP contribution in [0.3, 0.4) is 0 Å². The van der Waals surface area contributed by atoms with Gasteiger partial charge in [0, 0.05) is 12.1 Å². The van der Waals surface area contributed by atoms with E-state index in [0.29, 0.717) is 34.9 Å². The first-order chi connectivity index (χ1) is 14.6. The Hall–Kier alpha value is -2.79. The Morgan fingerprint density at radius 3 is 2.23 bits per heavy atom. The summed E-state index contributed by atoms with van der Waals surface area (Å²) in [6, 6.07) is 11.4. The van der Waals surface area contributed by atoms with Gasteiger partial charge in [-0.25, -0.2) is 16.8 Å². The number of ether oxygens (including phenoxy) is 2. The maximum Gasteiger partial charge on any atom is 0.250 e. The average Bonchev–Trinajstić information content (AvgIpc) is 3.19. The minimum Gasteiger partial charge on any atom is -0.493 e. The Balaban J connectivity index is 1.97. The van der Waals surface area contributed by atoms with Crippen LogP contribution in [0.1, 0.15) is 30.5 Å². The van der Waals surface area contributed by atoms with Gasteiger partial charge in [0.1, 0.15) is 0 Å². The second-order valence-electron chi connectivity index (χ2n) is 7.01. The summed E-state index contributed by atoms with van der Waals surface area (Å²) in [7, 11) is -3.96. The number of rotatable bonds is 8. The van der Waals surface area contributed by atoms with Crippen molar-refractivity contribution in [1.29, 1.82) is 0 Å². The van der Waals surface area contributed by atoms with Crippen LogP contribution in [-0.4, -0.2) is 53.2 Å². The van der Waals surface area contributed by atoms with Gasteiger partial charge in [-0.3, -0.25) is 4.72 Å². The van der Waals surface area contributed by atoms with Crippen LogP contribution >= 0.6 is 0 Å². The van der Waals surface area contributed by atoms with Crippen molar-refractivity contribution in [3.8, 4) is 11.5 Å². The summed E-state index contributed by atoms with van der Waals surface area (Å²) in [6.45, 7) is 1.57. The molecular formula is C20H25N3O6S2. The molecule has 1 heterocycles. The minimum absolute atomic E-state index is 0.0925. The number of nitrogens with zero attached hydrogens (tertiary/aromatic N) is 2. The molecule has 0 radical (unpaired) electrons. The molecule has 1 atom stereocenters. The van der Waals surface area contributed by atoms with Crippen LogP contribution in [0.2, 0.25) is 0 Å². The fourth-order valence-electron chi connectivity index (χ4n) is 3.30. The Morgan fingerprint density at radius 1 is 1.03 bits per heavy atom. The Labute approximate surface area is 182 Å². The monoisotopic (exact) mass is 467 g/mol. The lowest BCUT2D eigenvalue weighted by Crippen LogP contribution is -2.28. The molecule has 168 valence electrons. The topological polar surface area (TPSA) is 114 Å². The predicted octanol–water partition coefficient (Wildman–Crippen LogP) is 2.58. The Bertz CT molecular complexity index is 1190. The summed E-state index contributed by atoms with van der Waals surface area (Å²) in [5.74, 6) is 0.952. The molecule has 11 heteroatoms. The second kappa shape index (κ2) is 8.75. The third-order valence-electron chi connectivity index (χ3n) is 4.84. The zero-order valence-corrected chi connectivity index (χ0v) is 19.3. The molecule has 2 aromatic rings.